The highest BCUT2D eigenvalue weighted by Crippen LogP contribution is 2.30. The van der Waals surface area contributed by atoms with Crippen LogP contribution in [0.5, 0.6) is 11.5 Å². The van der Waals surface area contributed by atoms with Gasteiger partial charge in [0.15, 0.2) is 0 Å². The molecule has 2 unspecified atom stereocenters. The average molecular weight is 517 g/mol. The maximum atomic E-state index is 11.4. The molecule has 2 aromatic carbocycles. The number of ether oxygens (including phenoxy) is 4. The predicted molar refractivity (Wildman–Crippen MR) is 148 cm³/mol. The molecule has 0 bridgehead atoms. The predicted octanol–water partition coefficient (Wildman–Crippen LogP) is 6.84. The van der Waals surface area contributed by atoms with Gasteiger partial charge < -0.3 is 18.9 Å². The largest absolute Gasteiger partial charge is 0.494 e. The van der Waals surface area contributed by atoms with E-state index >= 15 is 0 Å². The smallest absolute Gasteiger partial charge is 0.333 e. The molecule has 2 heterocycles. The molecule has 38 heavy (non-hydrogen) atoms. The fourth-order valence-electron chi connectivity index (χ4n) is 4.67. The molecule has 200 valence electrons. The van der Waals surface area contributed by atoms with E-state index in [4.69, 9.17) is 18.9 Å². The van der Waals surface area contributed by atoms with E-state index in [1.807, 2.05) is 42.5 Å². The number of benzene rings is 2. The van der Waals surface area contributed by atoms with Gasteiger partial charge >= 0.3 is 11.9 Å². The summed E-state index contributed by atoms with van der Waals surface area (Å²) in [6.07, 6.45) is 8.31. The fourth-order valence-corrected chi connectivity index (χ4v) is 4.67. The van der Waals surface area contributed by atoms with Crippen molar-refractivity contribution >= 4 is 18.0 Å². The first kappa shape index (κ1) is 27.2. The van der Waals surface area contributed by atoms with E-state index in [1.54, 1.807) is 0 Å². The zero-order chi connectivity index (χ0) is 26.9. The highest BCUT2D eigenvalue weighted by molar-refractivity contribution is 5.90. The third-order valence-corrected chi connectivity index (χ3v) is 6.86. The molecule has 2 atom stereocenters. The van der Waals surface area contributed by atoms with Crippen molar-refractivity contribution in [3.63, 3.8) is 0 Å². The van der Waals surface area contributed by atoms with E-state index in [0.717, 1.165) is 66.7 Å². The quantitative estimate of drug-likeness (QED) is 0.156. The molecule has 0 radical (unpaired) electrons. The highest BCUT2D eigenvalue weighted by Gasteiger charge is 2.27. The van der Waals surface area contributed by atoms with Crippen molar-refractivity contribution in [1.82, 2.24) is 0 Å². The lowest BCUT2D eigenvalue weighted by atomic mass is 10.0. The second-order valence-corrected chi connectivity index (χ2v) is 9.84. The van der Waals surface area contributed by atoms with Gasteiger partial charge in [0, 0.05) is 29.6 Å². The van der Waals surface area contributed by atoms with Gasteiger partial charge in [0.2, 0.25) is 0 Å². The van der Waals surface area contributed by atoms with E-state index in [2.05, 4.69) is 25.8 Å². The van der Waals surface area contributed by atoms with E-state index < -0.39 is 0 Å². The molecule has 0 N–H and O–H groups in total. The Kier molecular flexibility index (Phi) is 9.41. The minimum atomic E-state index is -0.266. The molecule has 0 spiro atoms. The third kappa shape index (κ3) is 7.37. The summed E-state index contributed by atoms with van der Waals surface area (Å²) in [4.78, 5) is 22.8. The van der Waals surface area contributed by atoms with Gasteiger partial charge in [0.1, 0.15) is 23.7 Å². The van der Waals surface area contributed by atoms with Crippen LogP contribution >= 0.6 is 0 Å². The van der Waals surface area contributed by atoms with Crippen LogP contribution in [0.25, 0.3) is 17.2 Å². The number of rotatable bonds is 14. The van der Waals surface area contributed by atoms with Crippen molar-refractivity contribution in [2.45, 2.75) is 63.6 Å². The van der Waals surface area contributed by atoms with Crippen LogP contribution in [0, 0.1) is 0 Å². The molecule has 0 saturated carbocycles. The molecule has 6 nitrogen and oxygen atoms in total. The highest BCUT2D eigenvalue weighted by atomic mass is 16.6. The second kappa shape index (κ2) is 13.1. The van der Waals surface area contributed by atoms with E-state index in [1.165, 1.54) is 0 Å². The molecule has 0 amide bonds. The number of carbonyl (C=O) groups excluding carboxylic acids is 2. The van der Waals surface area contributed by atoms with E-state index in [-0.39, 0.29) is 24.1 Å². The first-order valence-corrected chi connectivity index (χ1v) is 13.3. The number of esters is 2. The van der Waals surface area contributed by atoms with Crippen molar-refractivity contribution in [2.75, 3.05) is 13.2 Å². The van der Waals surface area contributed by atoms with Crippen molar-refractivity contribution in [3.8, 4) is 22.6 Å². The second-order valence-electron chi connectivity index (χ2n) is 9.84. The summed E-state index contributed by atoms with van der Waals surface area (Å²) in [5, 5.41) is 0. The van der Waals surface area contributed by atoms with E-state index in [9.17, 15) is 9.59 Å². The van der Waals surface area contributed by atoms with Crippen molar-refractivity contribution in [3.05, 3.63) is 78.9 Å². The Morgan fingerprint density at radius 3 is 1.84 bits per heavy atom. The molecule has 4 rings (SSSR count). The average Bonchev–Trinajstić information content (AvgIpc) is 3.42. The Labute approximate surface area is 224 Å². The van der Waals surface area contributed by atoms with Crippen LogP contribution in [0.15, 0.2) is 73.3 Å². The topological polar surface area (TPSA) is 71.1 Å². The molecular formula is C32H36O6. The van der Waals surface area contributed by atoms with Crippen molar-refractivity contribution in [1.29, 1.82) is 0 Å². The van der Waals surface area contributed by atoms with Crippen LogP contribution < -0.4 is 9.47 Å². The van der Waals surface area contributed by atoms with Crippen LogP contribution in [-0.2, 0) is 19.1 Å². The normalized spacial score (nSPS) is 18.8. The number of hydrogen-bond donors (Lipinski definition) is 0. The Hall–Kier alpha value is -3.80. The van der Waals surface area contributed by atoms with Gasteiger partial charge in [-0.15, -0.1) is 0 Å². The minimum Gasteiger partial charge on any atom is -0.494 e. The molecular weight excluding hydrogens is 480 g/mol. The molecule has 6 heteroatoms. The van der Waals surface area contributed by atoms with Gasteiger partial charge in [-0.05, 0) is 73.9 Å². The van der Waals surface area contributed by atoms with Crippen LogP contribution in [0.3, 0.4) is 0 Å². The number of carbonyl (C=O) groups is 2. The van der Waals surface area contributed by atoms with E-state index in [0.29, 0.717) is 37.2 Å². The van der Waals surface area contributed by atoms with Crippen molar-refractivity contribution in [2.24, 2.45) is 0 Å². The van der Waals surface area contributed by atoms with Gasteiger partial charge in [-0.3, -0.25) is 0 Å². The number of hydrogen-bond acceptors (Lipinski definition) is 6. The first-order valence-electron chi connectivity index (χ1n) is 13.3. The SMILES string of the molecule is C=Cc1cc(-c2ccc(OCCCCC3CC(=C)C(=O)O3)cc2)ccc1OCCCCC1CC(=C)C(=O)O1. The number of unbranched alkanes of at least 4 members (excludes halogenated alkanes) is 2. The summed E-state index contributed by atoms with van der Waals surface area (Å²) in [6, 6.07) is 14.2. The third-order valence-electron chi connectivity index (χ3n) is 6.86. The summed E-state index contributed by atoms with van der Waals surface area (Å²) in [5.74, 6) is 1.11. The lowest BCUT2D eigenvalue weighted by Gasteiger charge is -2.13. The van der Waals surface area contributed by atoms with Gasteiger partial charge in [-0.25, -0.2) is 9.59 Å². The Balaban J connectivity index is 1.18. The van der Waals surface area contributed by atoms with Crippen LogP contribution in [0.4, 0.5) is 0 Å². The van der Waals surface area contributed by atoms with Crippen molar-refractivity contribution < 1.29 is 28.5 Å². The lowest BCUT2D eigenvalue weighted by Crippen LogP contribution is -2.07. The van der Waals surface area contributed by atoms with Gasteiger partial charge in [-0.1, -0.05) is 44.0 Å². The van der Waals surface area contributed by atoms with Gasteiger partial charge in [-0.2, -0.15) is 0 Å². The molecule has 2 aromatic rings. The van der Waals surface area contributed by atoms with Gasteiger partial charge in [0.05, 0.1) is 13.2 Å². The maximum Gasteiger partial charge on any atom is 0.333 e. The fraction of sp³-hybridized carbons (Fsp3) is 0.375. The molecule has 2 aliphatic rings. The molecule has 0 aromatic heterocycles. The molecule has 2 saturated heterocycles. The Bertz CT molecular complexity index is 1150. The zero-order valence-electron chi connectivity index (χ0n) is 21.9. The van der Waals surface area contributed by atoms with Crippen LogP contribution in [0.1, 0.15) is 56.9 Å². The van der Waals surface area contributed by atoms with Crippen LogP contribution in [-0.4, -0.2) is 37.4 Å². The summed E-state index contributed by atoms with van der Waals surface area (Å²) < 4.78 is 22.4. The Morgan fingerprint density at radius 1 is 0.763 bits per heavy atom. The maximum absolute atomic E-state index is 11.4. The minimum absolute atomic E-state index is 0.0301. The summed E-state index contributed by atoms with van der Waals surface area (Å²) in [7, 11) is 0. The standard InChI is InChI=1S/C32H36O6/c1-4-24-21-26(13-16-30(24)36-18-8-6-10-29-20-23(3)32(34)38-29)25-11-14-27(15-12-25)35-17-7-5-9-28-19-22(2)31(33)37-28/h4,11-16,21,28-29H,1-3,5-10,17-20H2. The lowest BCUT2D eigenvalue weighted by molar-refractivity contribution is -0.140. The molecule has 2 fully saturated rings. The first-order chi connectivity index (χ1) is 18.4. The molecule has 0 aliphatic carbocycles. The van der Waals surface area contributed by atoms with Gasteiger partial charge in [0.25, 0.3) is 0 Å². The number of cyclic esters (lactones) is 2. The summed E-state index contributed by atoms with van der Waals surface area (Å²) in [6.45, 7) is 12.6. The zero-order valence-corrected chi connectivity index (χ0v) is 21.9. The van der Waals surface area contributed by atoms with Crippen LogP contribution in [0.2, 0.25) is 0 Å². The summed E-state index contributed by atoms with van der Waals surface area (Å²) >= 11 is 0. The monoisotopic (exact) mass is 516 g/mol. The Morgan fingerprint density at radius 2 is 1.32 bits per heavy atom. The summed E-state index contributed by atoms with van der Waals surface area (Å²) in [5.41, 5.74) is 4.25. The molecule has 2 aliphatic heterocycles.